The number of unbranched alkanes of at least 4 members (excludes halogenated alkanes) is 38. The molecule has 0 aromatic rings. The van der Waals surface area contributed by atoms with Gasteiger partial charge in [0.1, 0.15) is 13.2 Å². The number of hydrogen-bond donors (Lipinski definition) is 3. The number of rotatable bonds is 55. The fraction of sp³-hybridized carbons (Fsp3) is 0.883. The van der Waals surface area contributed by atoms with Crippen LogP contribution in [0.5, 0.6) is 0 Å². The Morgan fingerprint density at radius 2 is 0.797 bits per heavy atom. The van der Waals surface area contributed by atoms with Gasteiger partial charge in [-0.15, -0.1) is 0 Å². The van der Waals surface area contributed by atoms with Crippen molar-refractivity contribution in [3.8, 4) is 0 Å². The molecule has 3 N–H and O–H groups in total. The number of carbonyl (C=O) groups excluding carboxylic acids is 1. The average molecular weight is 995 g/mol. The number of aliphatic hydroxyl groups excluding tert-OH is 1. The van der Waals surface area contributed by atoms with Crippen LogP contribution in [0.1, 0.15) is 290 Å². The predicted octanol–water partition coefficient (Wildman–Crippen LogP) is 18.2. The maximum atomic E-state index is 13.0. The zero-order valence-electron chi connectivity index (χ0n) is 46.6. The van der Waals surface area contributed by atoms with E-state index in [9.17, 15) is 19.4 Å². The number of likely N-dealkylation sites (N-methyl/N-ethyl adjacent to an activating group) is 1. The Morgan fingerprint density at radius 3 is 1.16 bits per heavy atom. The topological polar surface area (TPSA) is 105 Å². The van der Waals surface area contributed by atoms with Crippen LogP contribution in [-0.4, -0.2) is 73.4 Å². The van der Waals surface area contributed by atoms with E-state index in [-0.39, 0.29) is 19.1 Å². The zero-order chi connectivity index (χ0) is 50.6. The molecule has 0 spiro atoms. The number of quaternary nitrogens is 1. The molecular weight excluding hydrogens is 876 g/mol. The third-order valence-corrected chi connectivity index (χ3v) is 14.6. The van der Waals surface area contributed by atoms with E-state index >= 15 is 0 Å². The van der Waals surface area contributed by atoms with E-state index in [4.69, 9.17) is 9.05 Å². The van der Waals surface area contributed by atoms with Gasteiger partial charge in [0.05, 0.1) is 39.9 Å². The molecule has 0 aromatic carbocycles. The van der Waals surface area contributed by atoms with Crippen molar-refractivity contribution < 1.29 is 32.9 Å². The monoisotopic (exact) mass is 994 g/mol. The maximum Gasteiger partial charge on any atom is 0.472 e. The van der Waals surface area contributed by atoms with Crippen LogP contribution in [0.15, 0.2) is 36.5 Å². The molecule has 3 unspecified atom stereocenters. The first kappa shape index (κ1) is 67.7. The second kappa shape index (κ2) is 51.6. The summed E-state index contributed by atoms with van der Waals surface area (Å²) in [6.45, 7) is 4.83. The molecule has 3 atom stereocenters. The van der Waals surface area contributed by atoms with E-state index in [0.29, 0.717) is 17.4 Å². The van der Waals surface area contributed by atoms with Gasteiger partial charge in [0.25, 0.3) is 0 Å². The Morgan fingerprint density at radius 1 is 0.478 bits per heavy atom. The molecule has 9 heteroatoms. The molecule has 0 saturated carbocycles. The van der Waals surface area contributed by atoms with Crippen molar-refractivity contribution >= 4 is 13.7 Å². The fourth-order valence-electron chi connectivity index (χ4n) is 8.90. The van der Waals surface area contributed by atoms with Gasteiger partial charge in [-0.2, -0.15) is 0 Å². The minimum absolute atomic E-state index is 0.0552. The summed E-state index contributed by atoms with van der Waals surface area (Å²) >= 11 is 0. The highest BCUT2D eigenvalue weighted by Gasteiger charge is 2.27. The second-order valence-electron chi connectivity index (χ2n) is 21.7. The first-order chi connectivity index (χ1) is 33.5. The van der Waals surface area contributed by atoms with Gasteiger partial charge in [-0.1, -0.05) is 275 Å². The first-order valence-corrected chi connectivity index (χ1v) is 31.4. The van der Waals surface area contributed by atoms with Crippen molar-refractivity contribution in [1.82, 2.24) is 5.32 Å². The van der Waals surface area contributed by atoms with Gasteiger partial charge in [-0.05, 0) is 44.9 Å². The number of phosphoric acid groups is 1. The molecule has 0 fully saturated rings. The molecule has 0 aliphatic heterocycles. The van der Waals surface area contributed by atoms with Crippen molar-refractivity contribution in [2.45, 2.75) is 302 Å². The summed E-state index contributed by atoms with van der Waals surface area (Å²) in [5.74, 6) is -0.186. The normalized spacial score (nSPS) is 14.1. The summed E-state index contributed by atoms with van der Waals surface area (Å²) in [4.78, 5) is 23.3. The third-order valence-electron chi connectivity index (χ3n) is 13.6. The standard InChI is InChI=1S/C60H117N2O6P/c1-6-8-10-12-14-16-18-20-22-24-26-28-29-30-31-32-33-34-35-37-39-41-43-45-47-49-51-53-59(63)58(57-68-69(65,66)67-56-55-62(3,4)5)61-60(64)54-52-50-48-46-44-42-40-38-36-27-25-23-21-19-17-15-13-11-9-7-2/h35,37,43,45,51,53,58-59,63H,6-34,36,38-42,44,46-50,52,54-57H2,1-5H3,(H-,61,64,65,66)/p+1/b37-35+,45-43+,53-51+. The van der Waals surface area contributed by atoms with Crippen molar-refractivity contribution in [1.29, 1.82) is 0 Å². The lowest BCUT2D eigenvalue weighted by molar-refractivity contribution is -0.870. The number of hydrogen-bond acceptors (Lipinski definition) is 5. The largest absolute Gasteiger partial charge is 0.472 e. The fourth-order valence-corrected chi connectivity index (χ4v) is 9.64. The van der Waals surface area contributed by atoms with Crippen LogP contribution in [-0.2, 0) is 18.4 Å². The van der Waals surface area contributed by atoms with Crippen molar-refractivity contribution in [3.05, 3.63) is 36.5 Å². The second-order valence-corrected chi connectivity index (χ2v) is 23.2. The van der Waals surface area contributed by atoms with Crippen LogP contribution in [0, 0.1) is 0 Å². The molecule has 408 valence electrons. The zero-order valence-corrected chi connectivity index (χ0v) is 47.5. The lowest BCUT2D eigenvalue weighted by Crippen LogP contribution is -2.45. The molecule has 69 heavy (non-hydrogen) atoms. The molecule has 0 aliphatic rings. The number of allylic oxidation sites excluding steroid dienone is 5. The first-order valence-electron chi connectivity index (χ1n) is 29.9. The Kier molecular flexibility index (Phi) is 50.7. The molecular formula is C60H118N2O6P+. The number of aliphatic hydroxyl groups is 1. The smallest absolute Gasteiger partial charge is 0.387 e. The molecule has 0 rings (SSSR count). The Hall–Kier alpha value is -1.28. The summed E-state index contributed by atoms with van der Waals surface area (Å²) < 4.78 is 23.7. The van der Waals surface area contributed by atoms with E-state index < -0.39 is 20.0 Å². The summed E-state index contributed by atoms with van der Waals surface area (Å²) in [7, 11) is 1.56. The van der Waals surface area contributed by atoms with E-state index in [1.807, 2.05) is 27.2 Å². The van der Waals surface area contributed by atoms with Gasteiger partial charge in [-0.3, -0.25) is 13.8 Å². The average Bonchev–Trinajstić information content (AvgIpc) is 3.31. The number of nitrogens with zero attached hydrogens (tertiary/aromatic N) is 1. The molecule has 1 amide bonds. The minimum atomic E-state index is -4.36. The molecule has 0 bridgehead atoms. The molecule has 0 saturated heterocycles. The molecule has 0 aromatic heterocycles. The van der Waals surface area contributed by atoms with Crippen LogP contribution < -0.4 is 5.32 Å². The van der Waals surface area contributed by atoms with Crippen LogP contribution in [0.4, 0.5) is 0 Å². The van der Waals surface area contributed by atoms with Crippen molar-refractivity contribution in [2.24, 2.45) is 0 Å². The number of phosphoric ester groups is 1. The van der Waals surface area contributed by atoms with Gasteiger partial charge in [0.2, 0.25) is 5.91 Å². The highest BCUT2D eigenvalue weighted by Crippen LogP contribution is 2.43. The van der Waals surface area contributed by atoms with Crippen LogP contribution in [0.25, 0.3) is 0 Å². The summed E-state index contributed by atoms with van der Waals surface area (Å²) in [5, 5.41) is 13.9. The number of nitrogens with one attached hydrogen (secondary N) is 1. The van der Waals surface area contributed by atoms with E-state index in [0.717, 1.165) is 44.9 Å². The van der Waals surface area contributed by atoms with Crippen molar-refractivity contribution in [3.63, 3.8) is 0 Å². The predicted molar refractivity (Wildman–Crippen MR) is 300 cm³/mol. The Balaban J connectivity index is 4.24. The van der Waals surface area contributed by atoms with Gasteiger partial charge < -0.3 is 19.8 Å². The highest BCUT2D eigenvalue weighted by atomic mass is 31.2. The number of carbonyl (C=O) groups is 1. The Labute approximate surface area is 429 Å². The summed E-state index contributed by atoms with van der Waals surface area (Å²) in [5.41, 5.74) is 0. The van der Waals surface area contributed by atoms with Gasteiger partial charge in [-0.25, -0.2) is 4.57 Å². The molecule has 0 heterocycles. The lowest BCUT2D eigenvalue weighted by Gasteiger charge is -2.25. The van der Waals surface area contributed by atoms with E-state index in [1.165, 1.54) is 225 Å². The van der Waals surface area contributed by atoms with Crippen LogP contribution in [0.3, 0.4) is 0 Å². The quantitative estimate of drug-likeness (QED) is 0.0243. The maximum absolute atomic E-state index is 13.0. The Bertz CT molecular complexity index is 1220. The van der Waals surface area contributed by atoms with E-state index in [1.54, 1.807) is 6.08 Å². The van der Waals surface area contributed by atoms with Gasteiger partial charge in [0.15, 0.2) is 0 Å². The number of amides is 1. The van der Waals surface area contributed by atoms with Gasteiger partial charge >= 0.3 is 7.82 Å². The van der Waals surface area contributed by atoms with Crippen LogP contribution >= 0.6 is 7.82 Å². The summed E-state index contributed by atoms with van der Waals surface area (Å²) in [6.07, 6.45) is 66.9. The molecule has 0 aliphatic carbocycles. The minimum Gasteiger partial charge on any atom is -0.387 e. The third kappa shape index (κ3) is 54.3. The van der Waals surface area contributed by atoms with Crippen LogP contribution in [0.2, 0.25) is 0 Å². The molecule has 8 nitrogen and oxygen atoms in total. The SMILES string of the molecule is CCCCCCCCCCCCCCCCCCC/C=C/CC/C=C/CC/C=C/C(O)C(COP(=O)(O)OCC[N+](C)(C)C)NC(=O)CCCCCCCCCCCCCCCCCCCCCC. The van der Waals surface area contributed by atoms with Crippen molar-refractivity contribution in [2.75, 3.05) is 40.9 Å². The molecule has 0 radical (unpaired) electrons. The lowest BCUT2D eigenvalue weighted by atomic mass is 10.0. The van der Waals surface area contributed by atoms with E-state index in [2.05, 4.69) is 43.5 Å². The summed E-state index contributed by atoms with van der Waals surface area (Å²) in [6, 6.07) is -0.868. The highest BCUT2D eigenvalue weighted by molar-refractivity contribution is 7.47. The van der Waals surface area contributed by atoms with Gasteiger partial charge in [0, 0.05) is 6.42 Å².